The van der Waals surface area contributed by atoms with E-state index in [9.17, 15) is 18.5 Å². The topological polar surface area (TPSA) is 113 Å². The van der Waals surface area contributed by atoms with Gasteiger partial charge in [-0.3, -0.25) is 4.79 Å². The van der Waals surface area contributed by atoms with E-state index in [0.717, 1.165) is 17.2 Å². The van der Waals surface area contributed by atoms with Gasteiger partial charge in [0.1, 0.15) is 12.7 Å². The number of aromatic nitrogens is 1. The first kappa shape index (κ1) is 23.9. The van der Waals surface area contributed by atoms with E-state index in [1.54, 1.807) is 18.2 Å². The standard InChI is InChI=1S/C24H22Cl2N4O4S/c1-35(32,33)29-24-12-23(13-24,14-24)28-22(31)16-2-3-20-15(8-16)4-6-30(20)18-9-17(11-27)21(19(26)10-18)34-7-5-25/h2-4,6,8-10,29H,5,7,12-14H2,1H3,(H,28,31). The number of alkyl halides is 1. The third-order valence-corrected chi connectivity index (χ3v) is 7.75. The van der Waals surface area contributed by atoms with Gasteiger partial charge in [0.05, 0.1) is 28.2 Å². The molecule has 0 saturated heterocycles. The van der Waals surface area contributed by atoms with Gasteiger partial charge in [0.25, 0.3) is 5.91 Å². The van der Waals surface area contributed by atoms with Crippen molar-refractivity contribution in [3.8, 4) is 17.5 Å². The van der Waals surface area contributed by atoms with Gasteiger partial charge in [0.15, 0.2) is 5.75 Å². The number of halogens is 2. The molecule has 2 aromatic carbocycles. The minimum Gasteiger partial charge on any atom is -0.489 e. The summed E-state index contributed by atoms with van der Waals surface area (Å²) in [4.78, 5) is 12.9. The maximum absolute atomic E-state index is 12.9. The number of ether oxygens (including phenoxy) is 1. The van der Waals surface area contributed by atoms with E-state index >= 15 is 0 Å². The highest BCUT2D eigenvalue weighted by atomic mass is 35.5. The zero-order chi connectivity index (χ0) is 25.0. The van der Waals surface area contributed by atoms with Gasteiger partial charge in [-0.15, -0.1) is 11.6 Å². The summed E-state index contributed by atoms with van der Waals surface area (Å²) >= 11 is 12.1. The van der Waals surface area contributed by atoms with Gasteiger partial charge in [-0.2, -0.15) is 5.26 Å². The lowest BCUT2D eigenvalue weighted by molar-refractivity contribution is -0.0826. The number of carbonyl (C=O) groups excluding carboxylic acids is 1. The summed E-state index contributed by atoms with van der Waals surface area (Å²) in [6.07, 6.45) is 4.80. The molecule has 0 atom stereocenters. The van der Waals surface area contributed by atoms with Crippen LogP contribution >= 0.6 is 23.2 Å². The summed E-state index contributed by atoms with van der Waals surface area (Å²) in [5.41, 5.74) is 1.61. The van der Waals surface area contributed by atoms with Gasteiger partial charge >= 0.3 is 0 Å². The van der Waals surface area contributed by atoms with E-state index in [2.05, 4.69) is 16.1 Å². The number of nitriles is 1. The van der Waals surface area contributed by atoms with Crippen molar-refractivity contribution in [1.29, 1.82) is 5.26 Å². The van der Waals surface area contributed by atoms with Crippen molar-refractivity contribution >= 4 is 50.0 Å². The Balaban J connectivity index is 1.35. The molecule has 3 fully saturated rings. The zero-order valence-electron chi connectivity index (χ0n) is 18.8. The smallest absolute Gasteiger partial charge is 0.251 e. The first-order valence-corrected chi connectivity index (χ1v) is 13.7. The van der Waals surface area contributed by atoms with E-state index in [4.69, 9.17) is 27.9 Å². The minimum atomic E-state index is -3.27. The van der Waals surface area contributed by atoms with Gasteiger partial charge in [-0.25, -0.2) is 13.1 Å². The van der Waals surface area contributed by atoms with Crippen molar-refractivity contribution in [2.24, 2.45) is 0 Å². The SMILES string of the molecule is CS(=O)(=O)NC12CC(NC(=O)c3ccc4c(ccn4-c4cc(Cl)c(OCCCl)c(C#N)c4)c3)(C1)C2. The molecule has 2 N–H and O–H groups in total. The summed E-state index contributed by atoms with van der Waals surface area (Å²) in [5.74, 6) is 0.389. The first-order chi connectivity index (χ1) is 16.6. The van der Waals surface area contributed by atoms with Crippen LogP contribution in [0.15, 0.2) is 42.6 Å². The second kappa shape index (κ2) is 8.42. The number of carbonyl (C=O) groups is 1. The molecule has 3 aromatic rings. The van der Waals surface area contributed by atoms with E-state index in [1.165, 1.54) is 0 Å². The molecule has 0 spiro atoms. The molecular formula is C24H22Cl2N4O4S. The van der Waals surface area contributed by atoms with Crippen LogP contribution in [0.25, 0.3) is 16.6 Å². The van der Waals surface area contributed by atoms with Crippen LogP contribution in [-0.4, -0.2) is 48.7 Å². The average molecular weight is 533 g/mol. The monoisotopic (exact) mass is 532 g/mol. The molecule has 0 radical (unpaired) electrons. The highest BCUT2D eigenvalue weighted by Gasteiger charge is 2.69. The van der Waals surface area contributed by atoms with E-state index in [1.807, 2.05) is 29.0 Å². The second-order valence-corrected chi connectivity index (χ2v) is 11.9. The fraction of sp³-hybridized carbons (Fsp3) is 0.333. The quantitative estimate of drug-likeness (QED) is 0.429. The molecule has 1 heterocycles. The molecule has 3 aliphatic carbocycles. The molecule has 0 aliphatic heterocycles. The van der Waals surface area contributed by atoms with Crippen molar-refractivity contribution in [2.75, 3.05) is 18.7 Å². The van der Waals surface area contributed by atoms with Gasteiger partial charge < -0.3 is 14.6 Å². The van der Waals surface area contributed by atoms with Crippen molar-refractivity contribution in [3.63, 3.8) is 0 Å². The minimum absolute atomic E-state index is 0.192. The Morgan fingerprint density at radius 1 is 1.20 bits per heavy atom. The molecule has 3 aliphatic rings. The Labute approximate surface area is 212 Å². The number of nitrogens with one attached hydrogen (secondary N) is 2. The normalized spacial score (nSPS) is 22.7. The third-order valence-electron chi connectivity index (χ3n) is 6.51. The number of rotatable bonds is 8. The maximum Gasteiger partial charge on any atom is 0.251 e. The van der Waals surface area contributed by atoms with Crippen LogP contribution < -0.4 is 14.8 Å². The molecule has 11 heteroatoms. The van der Waals surface area contributed by atoms with E-state index in [-0.39, 0.29) is 23.9 Å². The van der Waals surface area contributed by atoms with Gasteiger partial charge in [0.2, 0.25) is 10.0 Å². The molecule has 35 heavy (non-hydrogen) atoms. The number of fused-ring (bicyclic) bond motifs is 1. The molecular weight excluding hydrogens is 511 g/mol. The number of amides is 1. The predicted octanol–water partition coefficient (Wildman–Crippen LogP) is 3.73. The van der Waals surface area contributed by atoms with Crippen LogP contribution in [0, 0.1) is 11.3 Å². The van der Waals surface area contributed by atoms with Gasteiger partial charge in [-0.1, -0.05) is 11.6 Å². The molecule has 1 aromatic heterocycles. The fourth-order valence-electron chi connectivity index (χ4n) is 5.33. The maximum atomic E-state index is 12.9. The van der Waals surface area contributed by atoms with Crippen molar-refractivity contribution < 1.29 is 17.9 Å². The van der Waals surface area contributed by atoms with Crippen molar-refractivity contribution in [1.82, 2.24) is 14.6 Å². The number of sulfonamides is 1. The third kappa shape index (κ3) is 4.36. The zero-order valence-corrected chi connectivity index (χ0v) is 21.1. The lowest BCUT2D eigenvalue weighted by atomic mass is 9.44. The van der Waals surface area contributed by atoms with Gasteiger partial charge in [-0.05, 0) is 55.7 Å². The van der Waals surface area contributed by atoms with Crippen LogP contribution in [0.2, 0.25) is 5.02 Å². The van der Waals surface area contributed by atoms with Crippen LogP contribution in [0.1, 0.15) is 35.2 Å². The fourth-order valence-corrected chi connectivity index (χ4v) is 6.68. The number of hydrogen-bond acceptors (Lipinski definition) is 5. The predicted molar refractivity (Wildman–Crippen MR) is 134 cm³/mol. The average Bonchev–Trinajstić information content (AvgIpc) is 3.17. The number of nitrogens with zero attached hydrogens (tertiary/aromatic N) is 2. The molecule has 8 nitrogen and oxygen atoms in total. The largest absolute Gasteiger partial charge is 0.489 e. The highest BCUT2D eigenvalue weighted by molar-refractivity contribution is 7.88. The first-order valence-electron chi connectivity index (χ1n) is 10.9. The van der Waals surface area contributed by atoms with Crippen LogP contribution in [0.3, 0.4) is 0 Å². The second-order valence-electron chi connectivity index (χ2n) is 9.33. The Morgan fingerprint density at radius 2 is 1.94 bits per heavy atom. The molecule has 6 rings (SSSR count). The molecule has 1 amide bonds. The van der Waals surface area contributed by atoms with E-state index < -0.39 is 15.6 Å². The van der Waals surface area contributed by atoms with Crippen LogP contribution in [-0.2, 0) is 10.0 Å². The Hall–Kier alpha value is -2.77. The number of benzene rings is 2. The molecule has 2 bridgehead atoms. The molecule has 182 valence electrons. The molecule has 0 unspecified atom stereocenters. The van der Waals surface area contributed by atoms with Crippen LogP contribution in [0.4, 0.5) is 0 Å². The lowest BCUT2D eigenvalue weighted by Gasteiger charge is -2.70. The Morgan fingerprint density at radius 3 is 2.60 bits per heavy atom. The summed E-state index contributed by atoms with van der Waals surface area (Å²) in [7, 11) is -3.27. The number of hydrogen-bond donors (Lipinski definition) is 2. The summed E-state index contributed by atoms with van der Waals surface area (Å²) in [5, 5.41) is 13.8. The highest BCUT2D eigenvalue weighted by Crippen LogP contribution is 2.60. The van der Waals surface area contributed by atoms with Crippen molar-refractivity contribution in [3.05, 3.63) is 58.7 Å². The summed E-state index contributed by atoms with van der Waals surface area (Å²) < 4.78 is 33.1. The Kier molecular flexibility index (Phi) is 5.76. The van der Waals surface area contributed by atoms with Gasteiger partial charge in [0, 0.05) is 33.9 Å². The van der Waals surface area contributed by atoms with Crippen LogP contribution in [0.5, 0.6) is 5.75 Å². The summed E-state index contributed by atoms with van der Waals surface area (Å²) in [6, 6.07) is 12.8. The Bertz CT molecular complexity index is 1490. The summed E-state index contributed by atoms with van der Waals surface area (Å²) in [6.45, 7) is 0.239. The molecule has 3 saturated carbocycles. The van der Waals surface area contributed by atoms with E-state index in [0.29, 0.717) is 46.8 Å². The van der Waals surface area contributed by atoms with Crippen molar-refractivity contribution in [2.45, 2.75) is 30.3 Å². The lowest BCUT2D eigenvalue weighted by Crippen LogP contribution is -2.83.